The predicted molar refractivity (Wildman–Crippen MR) is 89.7 cm³/mol. The van der Waals surface area contributed by atoms with Crippen LogP contribution in [-0.2, 0) is 6.54 Å². The molecule has 118 valence electrons. The molecule has 3 N–H and O–H groups in total. The number of hydrogen-bond donors (Lipinski definition) is 3. The van der Waals surface area contributed by atoms with Crippen molar-refractivity contribution in [1.82, 2.24) is 10.6 Å². The minimum absolute atomic E-state index is 0.0648. The Morgan fingerprint density at radius 3 is 2.59 bits per heavy atom. The molecule has 0 saturated heterocycles. The number of fused-ring (bicyclic) bond motifs is 1. The number of amides is 2. The summed E-state index contributed by atoms with van der Waals surface area (Å²) in [5.74, 6) is 0. The van der Waals surface area contributed by atoms with Crippen LogP contribution in [0.25, 0.3) is 10.8 Å². The Hall–Kier alpha value is -2.07. The maximum atomic E-state index is 12.0. The van der Waals surface area contributed by atoms with Gasteiger partial charge in [0.15, 0.2) is 0 Å². The number of aliphatic hydroxyl groups is 1. The van der Waals surface area contributed by atoms with Crippen LogP contribution in [0.15, 0.2) is 42.5 Å². The monoisotopic (exact) mass is 300 g/mol. The lowest BCUT2D eigenvalue weighted by molar-refractivity contribution is 0.200. The second-order valence-corrected chi connectivity index (χ2v) is 5.88. The number of hydrogen-bond acceptors (Lipinski definition) is 2. The van der Waals surface area contributed by atoms with Crippen LogP contribution in [0.2, 0.25) is 0 Å². The third kappa shape index (κ3) is 4.21. The molecule has 0 saturated carbocycles. The second-order valence-electron chi connectivity index (χ2n) is 5.88. The van der Waals surface area contributed by atoms with Gasteiger partial charge in [0.25, 0.3) is 0 Å². The fraction of sp³-hybridized carbons (Fsp3) is 0.389. The summed E-state index contributed by atoms with van der Waals surface area (Å²) < 4.78 is 0. The molecule has 4 heteroatoms. The number of carbonyl (C=O) groups is 1. The number of urea groups is 1. The molecule has 0 aliphatic heterocycles. The topological polar surface area (TPSA) is 61.4 Å². The van der Waals surface area contributed by atoms with Crippen LogP contribution in [0, 0.1) is 0 Å². The number of rotatable bonds is 6. The highest BCUT2D eigenvalue weighted by atomic mass is 16.3. The molecular weight excluding hydrogens is 276 g/mol. The van der Waals surface area contributed by atoms with E-state index in [1.54, 1.807) is 0 Å². The van der Waals surface area contributed by atoms with Gasteiger partial charge in [0, 0.05) is 18.7 Å². The van der Waals surface area contributed by atoms with Gasteiger partial charge in [0.1, 0.15) is 0 Å². The summed E-state index contributed by atoms with van der Waals surface area (Å²) in [6.07, 6.45) is 1.32. The van der Waals surface area contributed by atoms with Gasteiger partial charge < -0.3 is 15.7 Å². The lowest BCUT2D eigenvalue weighted by Gasteiger charge is -2.29. The van der Waals surface area contributed by atoms with E-state index >= 15 is 0 Å². The molecule has 0 spiro atoms. The average molecular weight is 300 g/mol. The average Bonchev–Trinajstić information content (AvgIpc) is 2.53. The summed E-state index contributed by atoms with van der Waals surface area (Å²) in [5.41, 5.74) is 0.691. The van der Waals surface area contributed by atoms with Gasteiger partial charge in [0.2, 0.25) is 0 Å². The van der Waals surface area contributed by atoms with Gasteiger partial charge in [0.05, 0.1) is 0 Å². The molecule has 0 radical (unpaired) electrons. The Labute approximate surface area is 131 Å². The Morgan fingerprint density at radius 1 is 1.18 bits per heavy atom. The Balaban J connectivity index is 1.94. The molecular formula is C18H24N2O2. The van der Waals surface area contributed by atoms with E-state index in [1.165, 1.54) is 10.8 Å². The highest BCUT2D eigenvalue weighted by Gasteiger charge is 2.23. The summed E-state index contributed by atoms with van der Waals surface area (Å²) in [5, 5.41) is 17.3. The highest BCUT2D eigenvalue weighted by Crippen LogP contribution is 2.16. The van der Waals surface area contributed by atoms with Crippen LogP contribution < -0.4 is 10.6 Å². The van der Waals surface area contributed by atoms with E-state index in [-0.39, 0.29) is 18.2 Å². The highest BCUT2D eigenvalue weighted by molar-refractivity contribution is 5.83. The number of carbonyl (C=O) groups excluding carboxylic acids is 1. The van der Waals surface area contributed by atoms with E-state index in [0.29, 0.717) is 13.0 Å². The normalized spacial score (nSPS) is 13.6. The van der Waals surface area contributed by atoms with Gasteiger partial charge in [-0.15, -0.1) is 0 Å². The van der Waals surface area contributed by atoms with Crippen LogP contribution in [-0.4, -0.2) is 23.3 Å². The zero-order valence-corrected chi connectivity index (χ0v) is 13.2. The molecule has 4 nitrogen and oxygen atoms in total. The van der Waals surface area contributed by atoms with Gasteiger partial charge in [-0.3, -0.25) is 0 Å². The van der Waals surface area contributed by atoms with Crippen molar-refractivity contribution in [2.45, 2.75) is 38.8 Å². The zero-order chi connectivity index (χ0) is 16.0. The molecule has 2 aromatic carbocycles. The largest absolute Gasteiger partial charge is 0.396 e. The van der Waals surface area contributed by atoms with Crippen LogP contribution in [0.3, 0.4) is 0 Å². The van der Waals surface area contributed by atoms with Gasteiger partial charge >= 0.3 is 6.03 Å². The lowest BCUT2D eigenvalue weighted by atomic mass is 9.95. The fourth-order valence-corrected chi connectivity index (χ4v) is 2.42. The van der Waals surface area contributed by atoms with Crippen LogP contribution in [0.5, 0.6) is 0 Å². The summed E-state index contributed by atoms with van der Waals surface area (Å²) in [7, 11) is 0. The molecule has 22 heavy (non-hydrogen) atoms. The molecule has 0 aromatic heterocycles. The Bertz CT molecular complexity index is 642. The van der Waals surface area contributed by atoms with Crippen LogP contribution >= 0.6 is 0 Å². The van der Waals surface area contributed by atoms with E-state index in [9.17, 15) is 4.79 Å². The molecule has 0 aliphatic rings. The number of aliphatic hydroxyl groups excluding tert-OH is 1. The summed E-state index contributed by atoms with van der Waals surface area (Å²) >= 11 is 0. The van der Waals surface area contributed by atoms with E-state index in [1.807, 2.05) is 32.0 Å². The number of benzene rings is 2. The van der Waals surface area contributed by atoms with Crippen molar-refractivity contribution in [3.05, 3.63) is 48.0 Å². The van der Waals surface area contributed by atoms with Crippen molar-refractivity contribution in [2.75, 3.05) is 6.61 Å². The SMILES string of the molecule is CCC(C)(CCO)NC(=O)NCc1ccc2ccccc2c1. The van der Waals surface area contributed by atoms with E-state index < -0.39 is 0 Å². The summed E-state index contributed by atoms with van der Waals surface area (Å²) in [6, 6.07) is 14.1. The standard InChI is InChI=1S/C18H24N2O2/c1-3-18(2,10-11-21)20-17(22)19-13-14-8-9-15-6-4-5-7-16(15)12-14/h4-9,12,21H,3,10-11,13H2,1-2H3,(H2,19,20,22). The third-order valence-corrected chi connectivity index (χ3v) is 4.13. The molecule has 1 unspecified atom stereocenters. The van der Waals surface area contributed by atoms with Gasteiger partial charge in [-0.1, -0.05) is 43.3 Å². The molecule has 2 amide bonds. The van der Waals surface area contributed by atoms with Crippen LogP contribution in [0.1, 0.15) is 32.3 Å². The first-order valence-electron chi connectivity index (χ1n) is 7.71. The Morgan fingerprint density at radius 2 is 1.91 bits per heavy atom. The summed E-state index contributed by atoms with van der Waals surface area (Å²) in [6.45, 7) is 4.49. The molecule has 0 bridgehead atoms. The van der Waals surface area contributed by atoms with Crippen LogP contribution in [0.4, 0.5) is 4.79 Å². The molecule has 2 rings (SSSR count). The van der Waals surface area contributed by atoms with Crippen molar-refractivity contribution >= 4 is 16.8 Å². The van der Waals surface area contributed by atoms with E-state index in [2.05, 4.69) is 34.9 Å². The molecule has 0 fully saturated rings. The van der Waals surface area contributed by atoms with E-state index in [0.717, 1.165) is 12.0 Å². The minimum Gasteiger partial charge on any atom is -0.396 e. The first kappa shape index (κ1) is 16.3. The van der Waals surface area contributed by atoms with Crippen molar-refractivity contribution in [3.8, 4) is 0 Å². The van der Waals surface area contributed by atoms with Crippen molar-refractivity contribution in [1.29, 1.82) is 0 Å². The molecule has 1 atom stereocenters. The minimum atomic E-state index is -0.373. The number of nitrogens with one attached hydrogen (secondary N) is 2. The fourth-order valence-electron chi connectivity index (χ4n) is 2.42. The van der Waals surface area contributed by atoms with Gasteiger partial charge in [-0.2, -0.15) is 0 Å². The smallest absolute Gasteiger partial charge is 0.315 e. The third-order valence-electron chi connectivity index (χ3n) is 4.13. The molecule has 0 heterocycles. The maximum Gasteiger partial charge on any atom is 0.315 e. The first-order chi connectivity index (χ1) is 10.6. The van der Waals surface area contributed by atoms with Gasteiger partial charge in [-0.25, -0.2) is 4.79 Å². The van der Waals surface area contributed by atoms with Gasteiger partial charge in [-0.05, 0) is 42.2 Å². The van der Waals surface area contributed by atoms with E-state index in [4.69, 9.17) is 5.11 Å². The van der Waals surface area contributed by atoms with Crippen molar-refractivity contribution < 1.29 is 9.90 Å². The lowest BCUT2D eigenvalue weighted by Crippen LogP contribution is -2.50. The first-order valence-corrected chi connectivity index (χ1v) is 7.71. The molecule has 2 aromatic rings. The summed E-state index contributed by atoms with van der Waals surface area (Å²) in [4.78, 5) is 12.0. The quantitative estimate of drug-likeness (QED) is 0.767. The second kappa shape index (κ2) is 7.27. The van der Waals surface area contributed by atoms with Crippen molar-refractivity contribution in [2.24, 2.45) is 0 Å². The Kier molecular flexibility index (Phi) is 5.39. The molecule has 0 aliphatic carbocycles. The predicted octanol–water partition coefficient (Wildman–Crippen LogP) is 3.19. The zero-order valence-electron chi connectivity index (χ0n) is 13.2. The maximum absolute atomic E-state index is 12.0. The van der Waals surface area contributed by atoms with Crippen molar-refractivity contribution in [3.63, 3.8) is 0 Å².